The van der Waals surface area contributed by atoms with E-state index < -0.39 is 0 Å². The summed E-state index contributed by atoms with van der Waals surface area (Å²) < 4.78 is 18.5. The first-order valence-electron chi connectivity index (χ1n) is 9.60. The molecule has 0 spiro atoms. The van der Waals surface area contributed by atoms with Crippen LogP contribution in [0.3, 0.4) is 0 Å². The van der Waals surface area contributed by atoms with Gasteiger partial charge in [0.05, 0.1) is 38.2 Å². The summed E-state index contributed by atoms with van der Waals surface area (Å²) in [7, 11) is 0. The Labute approximate surface area is 189 Å². The van der Waals surface area contributed by atoms with Crippen molar-refractivity contribution in [2.45, 2.75) is 38.3 Å². The van der Waals surface area contributed by atoms with Crippen LogP contribution in [0.25, 0.3) is 11.3 Å². The van der Waals surface area contributed by atoms with Gasteiger partial charge in [0.1, 0.15) is 0 Å². The summed E-state index contributed by atoms with van der Waals surface area (Å²) in [4.78, 5) is 16.5. The maximum atomic E-state index is 12.4. The van der Waals surface area contributed by atoms with Crippen LogP contribution in [0.2, 0.25) is 0 Å². The van der Waals surface area contributed by atoms with Gasteiger partial charge in [-0.3, -0.25) is 4.57 Å². The molecule has 0 radical (unpaired) electrons. The number of hydrogen-bond acceptors (Lipinski definition) is 5. The minimum Gasteiger partial charge on any atom is -0.477 e. The maximum absolute atomic E-state index is 12.4. The number of aryl methyl sites for hydroxylation is 1. The van der Waals surface area contributed by atoms with Crippen molar-refractivity contribution in [1.29, 1.82) is 0 Å². The average Bonchev–Trinajstić information content (AvgIpc) is 2.71. The first-order chi connectivity index (χ1) is 13.2. The molecule has 148 valence electrons. The van der Waals surface area contributed by atoms with Crippen LogP contribution in [0.5, 0.6) is 5.88 Å². The predicted octanol–water partition coefficient (Wildman–Crippen LogP) is 2.42. The molecule has 0 aliphatic carbocycles. The van der Waals surface area contributed by atoms with Gasteiger partial charge in [-0.05, 0) is 24.8 Å². The molecule has 1 saturated heterocycles. The quantitative estimate of drug-likeness (QED) is 0.373. The van der Waals surface area contributed by atoms with Gasteiger partial charge in [-0.1, -0.05) is 23.8 Å². The van der Waals surface area contributed by atoms with E-state index in [4.69, 9.17) is 14.2 Å². The number of hydrogen-bond donors (Lipinski definition) is 0. The summed E-state index contributed by atoms with van der Waals surface area (Å²) in [5.41, 5.74) is 4.17. The van der Waals surface area contributed by atoms with E-state index in [1.54, 1.807) is 4.57 Å². The molecule has 0 N–H and O–H groups in total. The maximum Gasteiger partial charge on any atom is 0.351 e. The number of nitrogens with zero attached hydrogens (tertiary/aromatic N) is 2. The van der Waals surface area contributed by atoms with E-state index >= 15 is 0 Å². The Bertz CT molecular complexity index is 862. The van der Waals surface area contributed by atoms with Crippen LogP contribution in [0.4, 0.5) is 0 Å². The van der Waals surface area contributed by atoms with E-state index in [1.807, 2.05) is 6.07 Å². The molecule has 3 heterocycles. The molecule has 2 aliphatic rings. The molecule has 0 bridgehead atoms. The molecular weight excluding hydrogens is 582 g/mol. The SMILES string of the molecule is [CH2-]Cc1ccc2c(c1)CCn1c-2cc(OCCCC2COCCO2)nc1=O.[U]. The smallest absolute Gasteiger partial charge is 0.351 e. The van der Waals surface area contributed by atoms with Crippen molar-refractivity contribution >= 4 is 0 Å². The zero-order valence-electron chi connectivity index (χ0n) is 16.0. The summed E-state index contributed by atoms with van der Waals surface area (Å²) in [6.07, 6.45) is 3.44. The summed E-state index contributed by atoms with van der Waals surface area (Å²) in [6, 6.07) is 8.21. The molecule has 0 amide bonds. The third-order valence-corrected chi connectivity index (χ3v) is 5.13. The van der Waals surface area contributed by atoms with E-state index in [9.17, 15) is 4.79 Å². The molecule has 1 atom stereocenters. The van der Waals surface area contributed by atoms with Gasteiger partial charge in [0, 0.05) is 49.3 Å². The van der Waals surface area contributed by atoms with Gasteiger partial charge in [0.2, 0.25) is 5.88 Å². The molecule has 4 rings (SSSR count). The second kappa shape index (κ2) is 10.1. The summed E-state index contributed by atoms with van der Waals surface area (Å²) >= 11 is 0. The Morgan fingerprint density at radius 3 is 2.96 bits per heavy atom. The topological polar surface area (TPSA) is 62.6 Å². The van der Waals surface area contributed by atoms with E-state index in [0.717, 1.165) is 36.9 Å². The van der Waals surface area contributed by atoms with Gasteiger partial charge in [0.15, 0.2) is 0 Å². The molecule has 7 heteroatoms. The Balaban J connectivity index is 0.00000225. The van der Waals surface area contributed by atoms with Crippen molar-refractivity contribution in [3.05, 3.63) is 52.8 Å². The fraction of sp³-hybridized carbons (Fsp3) is 0.476. The van der Waals surface area contributed by atoms with E-state index in [2.05, 4.69) is 30.1 Å². The van der Waals surface area contributed by atoms with Crippen LogP contribution in [0, 0.1) is 38.0 Å². The van der Waals surface area contributed by atoms with E-state index in [-0.39, 0.29) is 42.9 Å². The monoisotopic (exact) mass is 607 g/mol. The van der Waals surface area contributed by atoms with Gasteiger partial charge in [0.25, 0.3) is 0 Å². The predicted molar refractivity (Wildman–Crippen MR) is 102 cm³/mol. The Morgan fingerprint density at radius 1 is 1.29 bits per heavy atom. The molecule has 6 nitrogen and oxygen atoms in total. The molecule has 1 unspecified atom stereocenters. The minimum atomic E-state index is -0.251. The molecule has 1 aromatic heterocycles. The third kappa shape index (κ3) is 4.88. The van der Waals surface area contributed by atoms with Crippen LogP contribution in [-0.2, 0) is 28.9 Å². The zero-order chi connectivity index (χ0) is 18.6. The third-order valence-electron chi connectivity index (χ3n) is 5.13. The van der Waals surface area contributed by atoms with E-state index in [0.29, 0.717) is 38.9 Å². The first kappa shape index (κ1) is 21.6. The van der Waals surface area contributed by atoms with Crippen LogP contribution < -0.4 is 10.4 Å². The molecular formula is C21H25N2O4U-. The Kier molecular flexibility index (Phi) is 7.76. The van der Waals surface area contributed by atoms with Gasteiger partial charge in [-0.15, -0.1) is 0 Å². The van der Waals surface area contributed by atoms with Gasteiger partial charge in [-0.25, -0.2) is 4.79 Å². The fourth-order valence-electron chi connectivity index (χ4n) is 3.68. The first-order valence-corrected chi connectivity index (χ1v) is 9.60. The largest absolute Gasteiger partial charge is 0.477 e. The summed E-state index contributed by atoms with van der Waals surface area (Å²) in [6.45, 7) is 7.08. The molecule has 1 aromatic carbocycles. The fourth-order valence-corrected chi connectivity index (χ4v) is 3.68. The van der Waals surface area contributed by atoms with Crippen molar-refractivity contribution in [3.63, 3.8) is 0 Å². The van der Waals surface area contributed by atoms with Crippen molar-refractivity contribution in [1.82, 2.24) is 9.55 Å². The van der Waals surface area contributed by atoms with Crippen LogP contribution in [0.15, 0.2) is 29.1 Å². The number of ether oxygens (including phenoxy) is 3. The van der Waals surface area contributed by atoms with Crippen LogP contribution >= 0.6 is 0 Å². The molecule has 1 fully saturated rings. The minimum absolute atomic E-state index is 0. The normalized spacial score (nSPS) is 18.0. The second-order valence-electron chi connectivity index (χ2n) is 6.96. The number of benzene rings is 1. The van der Waals surface area contributed by atoms with Crippen molar-refractivity contribution < 1.29 is 45.3 Å². The number of aromatic nitrogens is 2. The van der Waals surface area contributed by atoms with Gasteiger partial charge >= 0.3 is 5.69 Å². The molecule has 2 aliphatic heterocycles. The second-order valence-corrected chi connectivity index (χ2v) is 6.96. The van der Waals surface area contributed by atoms with E-state index in [1.165, 1.54) is 11.1 Å². The van der Waals surface area contributed by atoms with Crippen LogP contribution in [0.1, 0.15) is 24.0 Å². The van der Waals surface area contributed by atoms with Gasteiger partial charge < -0.3 is 21.1 Å². The summed E-state index contributed by atoms with van der Waals surface area (Å²) in [5, 5.41) is 0. The Morgan fingerprint density at radius 2 is 2.18 bits per heavy atom. The Hall–Kier alpha value is -1.13. The summed E-state index contributed by atoms with van der Waals surface area (Å²) in [5.74, 6) is 0.390. The van der Waals surface area contributed by atoms with Crippen molar-refractivity contribution in [2.24, 2.45) is 0 Å². The molecule has 0 saturated carbocycles. The standard InChI is InChI=1S/C21H25N2O4.U/c1-2-15-5-6-18-16(12-15)7-8-23-19(18)13-20(22-21(23)24)27-9-3-4-17-14-25-10-11-26-17;/h5-6,12-13,17H,1-4,7-11,14H2;/q-1;. The molecule has 2 aromatic rings. The van der Waals surface area contributed by atoms with Crippen molar-refractivity contribution in [2.75, 3.05) is 26.4 Å². The number of fused-ring (bicyclic) bond motifs is 3. The van der Waals surface area contributed by atoms with Crippen molar-refractivity contribution in [3.8, 4) is 17.1 Å². The zero-order valence-corrected chi connectivity index (χ0v) is 20.1. The van der Waals surface area contributed by atoms with Gasteiger partial charge in [-0.2, -0.15) is 11.4 Å². The average molecular weight is 607 g/mol. The number of rotatable bonds is 6. The van der Waals surface area contributed by atoms with Crippen LogP contribution in [-0.4, -0.2) is 42.1 Å². The molecule has 28 heavy (non-hydrogen) atoms.